The Labute approximate surface area is 162 Å². The van der Waals surface area contributed by atoms with Crippen LogP contribution in [0.1, 0.15) is 30.9 Å². The SMILES string of the molecule is C/C(NNC(=O)CCCO)=C1/C(=O)N(c2ccccc2)c2cc(C#N)ccc21. The summed E-state index contributed by atoms with van der Waals surface area (Å²) in [7, 11) is 0. The maximum Gasteiger partial charge on any atom is 0.265 e. The van der Waals surface area contributed by atoms with Crippen LogP contribution in [0.5, 0.6) is 0 Å². The normalized spacial score (nSPS) is 14.3. The maximum atomic E-state index is 13.2. The Balaban J connectivity index is 1.98. The number of benzene rings is 2. The average molecular weight is 376 g/mol. The summed E-state index contributed by atoms with van der Waals surface area (Å²) >= 11 is 0. The van der Waals surface area contributed by atoms with Crippen LogP contribution < -0.4 is 15.8 Å². The van der Waals surface area contributed by atoms with Gasteiger partial charge >= 0.3 is 0 Å². The minimum atomic E-state index is -0.278. The summed E-state index contributed by atoms with van der Waals surface area (Å²) in [5.41, 5.74) is 8.70. The highest BCUT2D eigenvalue weighted by atomic mass is 16.3. The summed E-state index contributed by atoms with van der Waals surface area (Å²) in [6.45, 7) is 1.64. The van der Waals surface area contributed by atoms with Gasteiger partial charge in [0.2, 0.25) is 5.91 Å². The fourth-order valence-corrected chi connectivity index (χ4v) is 3.06. The van der Waals surface area contributed by atoms with Crippen LogP contribution in [0.3, 0.4) is 0 Å². The van der Waals surface area contributed by atoms with Crippen molar-refractivity contribution in [3.8, 4) is 6.07 Å². The molecule has 3 N–H and O–H groups in total. The first kappa shape index (κ1) is 19.1. The molecule has 0 atom stereocenters. The summed E-state index contributed by atoms with van der Waals surface area (Å²) < 4.78 is 0. The van der Waals surface area contributed by atoms with Gasteiger partial charge in [-0.1, -0.05) is 24.3 Å². The molecule has 0 unspecified atom stereocenters. The molecule has 0 fully saturated rings. The van der Waals surface area contributed by atoms with Crippen molar-refractivity contribution >= 4 is 28.8 Å². The van der Waals surface area contributed by atoms with E-state index in [1.165, 1.54) is 0 Å². The topological polar surface area (TPSA) is 105 Å². The second-order valence-corrected chi connectivity index (χ2v) is 6.32. The van der Waals surface area contributed by atoms with E-state index in [0.29, 0.717) is 40.2 Å². The summed E-state index contributed by atoms with van der Waals surface area (Å²) in [5.74, 6) is -0.523. The average Bonchev–Trinajstić information content (AvgIpc) is 3.01. The molecule has 2 aromatic carbocycles. The number of hydrogen-bond donors (Lipinski definition) is 3. The zero-order valence-corrected chi connectivity index (χ0v) is 15.4. The Morgan fingerprint density at radius 2 is 1.93 bits per heavy atom. The Kier molecular flexibility index (Phi) is 5.72. The Morgan fingerprint density at radius 1 is 1.18 bits per heavy atom. The zero-order chi connectivity index (χ0) is 20.1. The zero-order valence-electron chi connectivity index (χ0n) is 15.4. The van der Waals surface area contributed by atoms with E-state index in [0.717, 1.165) is 0 Å². The van der Waals surface area contributed by atoms with Crippen LogP contribution in [0.4, 0.5) is 11.4 Å². The van der Waals surface area contributed by atoms with Crippen LogP contribution in [0.25, 0.3) is 5.57 Å². The van der Waals surface area contributed by atoms with Gasteiger partial charge in [-0.25, -0.2) is 0 Å². The first-order chi connectivity index (χ1) is 13.6. The number of fused-ring (bicyclic) bond motifs is 1. The first-order valence-electron chi connectivity index (χ1n) is 8.87. The molecule has 0 aromatic heterocycles. The number of rotatable bonds is 6. The lowest BCUT2D eigenvalue weighted by Crippen LogP contribution is -2.37. The summed E-state index contributed by atoms with van der Waals surface area (Å²) in [4.78, 5) is 26.6. The van der Waals surface area contributed by atoms with Gasteiger partial charge in [-0.05, 0) is 37.6 Å². The van der Waals surface area contributed by atoms with Crippen molar-refractivity contribution in [3.63, 3.8) is 0 Å². The highest BCUT2D eigenvalue weighted by Gasteiger charge is 2.35. The van der Waals surface area contributed by atoms with Gasteiger partial charge in [0.05, 0.1) is 22.9 Å². The third kappa shape index (κ3) is 3.72. The van der Waals surface area contributed by atoms with E-state index in [2.05, 4.69) is 16.9 Å². The number of anilines is 2. The molecular weight excluding hydrogens is 356 g/mol. The van der Waals surface area contributed by atoms with Gasteiger partial charge in [-0.3, -0.25) is 19.9 Å². The van der Waals surface area contributed by atoms with Crippen molar-refractivity contribution in [3.05, 3.63) is 65.4 Å². The van der Waals surface area contributed by atoms with Crippen LogP contribution in [0, 0.1) is 11.3 Å². The van der Waals surface area contributed by atoms with Crippen LogP contribution in [0.2, 0.25) is 0 Å². The minimum Gasteiger partial charge on any atom is -0.396 e. The Morgan fingerprint density at radius 3 is 2.61 bits per heavy atom. The molecule has 142 valence electrons. The Hall–Kier alpha value is -3.63. The van der Waals surface area contributed by atoms with Gasteiger partial charge in [0.15, 0.2) is 0 Å². The van der Waals surface area contributed by atoms with E-state index in [4.69, 9.17) is 5.11 Å². The van der Waals surface area contributed by atoms with Gasteiger partial charge in [-0.2, -0.15) is 5.26 Å². The summed E-state index contributed by atoms with van der Waals surface area (Å²) in [6.07, 6.45) is 0.544. The monoisotopic (exact) mass is 376 g/mol. The predicted molar refractivity (Wildman–Crippen MR) is 105 cm³/mol. The number of carbonyl (C=O) groups is 2. The highest BCUT2D eigenvalue weighted by molar-refractivity contribution is 6.35. The van der Waals surface area contributed by atoms with E-state index in [-0.39, 0.29) is 24.8 Å². The van der Waals surface area contributed by atoms with Gasteiger partial charge in [0, 0.05) is 30.0 Å². The smallest absolute Gasteiger partial charge is 0.265 e. The largest absolute Gasteiger partial charge is 0.396 e. The van der Waals surface area contributed by atoms with Gasteiger partial charge < -0.3 is 10.5 Å². The number of allylic oxidation sites excluding steroid dienone is 1. The van der Waals surface area contributed by atoms with E-state index < -0.39 is 0 Å². The van der Waals surface area contributed by atoms with Crippen molar-refractivity contribution in [2.24, 2.45) is 0 Å². The number of aliphatic hydroxyl groups excluding tert-OH is 1. The summed E-state index contributed by atoms with van der Waals surface area (Å²) in [6, 6.07) is 16.4. The number of aliphatic hydroxyl groups is 1. The number of amides is 2. The number of nitriles is 1. The maximum absolute atomic E-state index is 13.2. The predicted octanol–water partition coefficient (Wildman–Crippen LogP) is 2.36. The molecule has 1 aliphatic heterocycles. The molecule has 3 rings (SSSR count). The molecule has 1 aliphatic rings. The number of nitrogens with one attached hydrogen (secondary N) is 2. The highest BCUT2D eigenvalue weighted by Crippen LogP contribution is 2.42. The van der Waals surface area contributed by atoms with Crippen molar-refractivity contribution in [1.29, 1.82) is 5.26 Å². The Bertz CT molecular complexity index is 977. The molecule has 0 spiro atoms. The molecule has 2 aromatic rings. The lowest BCUT2D eigenvalue weighted by Gasteiger charge is -2.17. The van der Waals surface area contributed by atoms with E-state index in [1.807, 2.05) is 30.3 Å². The van der Waals surface area contributed by atoms with Crippen LogP contribution in [-0.4, -0.2) is 23.5 Å². The molecule has 0 radical (unpaired) electrons. The fraction of sp³-hybridized carbons (Fsp3) is 0.190. The second-order valence-electron chi connectivity index (χ2n) is 6.32. The number of hydrogen-bond acceptors (Lipinski definition) is 5. The molecule has 0 aliphatic carbocycles. The van der Waals surface area contributed by atoms with Gasteiger partial charge in [0.25, 0.3) is 5.91 Å². The minimum absolute atomic E-state index is 0.0629. The molecule has 1 heterocycles. The number of hydrazine groups is 1. The molecule has 0 bridgehead atoms. The van der Waals surface area contributed by atoms with Crippen molar-refractivity contribution < 1.29 is 14.7 Å². The van der Waals surface area contributed by atoms with Crippen LogP contribution in [0.15, 0.2) is 54.2 Å². The first-order valence-corrected chi connectivity index (χ1v) is 8.87. The van der Waals surface area contributed by atoms with E-state index in [1.54, 1.807) is 30.0 Å². The standard InChI is InChI=1S/C21H20N4O3/c1-14(23-24-19(27)8-5-11-26)20-17-10-9-15(13-22)12-18(17)25(21(20)28)16-6-3-2-4-7-16/h2-4,6-7,9-10,12,23,26H,5,8,11H2,1H3,(H,24,27)/b20-14-. The number of nitrogens with zero attached hydrogens (tertiary/aromatic N) is 2. The number of para-hydroxylation sites is 1. The van der Waals surface area contributed by atoms with E-state index >= 15 is 0 Å². The van der Waals surface area contributed by atoms with Gasteiger partial charge in [0.1, 0.15) is 0 Å². The van der Waals surface area contributed by atoms with Crippen molar-refractivity contribution in [2.45, 2.75) is 19.8 Å². The lowest BCUT2D eigenvalue weighted by atomic mass is 10.0. The molecule has 7 nitrogen and oxygen atoms in total. The summed E-state index contributed by atoms with van der Waals surface area (Å²) in [5, 5.41) is 18.0. The van der Waals surface area contributed by atoms with E-state index in [9.17, 15) is 14.9 Å². The van der Waals surface area contributed by atoms with Crippen LogP contribution >= 0.6 is 0 Å². The molecule has 28 heavy (non-hydrogen) atoms. The molecule has 2 amide bonds. The van der Waals surface area contributed by atoms with Crippen molar-refractivity contribution in [2.75, 3.05) is 11.5 Å². The lowest BCUT2D eigenvalue weighted by molar-refractivity contribution is -0.122. The third-order valence-electron chi connectivity index (χ3n) is 4.39. The van der Waals surface area contributed by atoms with Crippen LogP contribution in [-0.2, 0) is 9.59 Å². The molecule has 7 heteroatoms. The van der Waals surface area contributed by atoms with Gasteiger partial charge in [-0.15, -0.1) is 0 Å². The fourth-order valence-electron chi connectivity index (χ4n) is 3.06. The third-order valence-corrected chi connectivity index (χ3v) is 4.39. The van der Waals surface area contributed by atoms with Crippen molar-refractivity contribution in [1.82, 2.24) is 10.9 Å². The molecule has 0 saturated carbocycles. The second kappa shape index (κ2) is 8.37. The molecule has 0 saturated heterocycles. The molecular formula is C21H20N4O3. The quantitative estimate of drug-likeness (QED) is 0.530. The number of carbonyl (C=O) groups excluding carboxylic acids is 2.